The van der Waals surface area contributed by atoms with Gasteiger partial charge in [0.15, 0.2) is 0 Å². The summed E-state index contributed by atoms with van der Waals surface area (Å²) in [6.45, 7) is 1.01. The van der Waals surface area contributed by atoms with Gasteiger partial charge in [0.1, 0.15) is 6.29 Å². The molecule has 0 fully saturated rings. The van der Waals surface area contributed by atoms with Crippen molar-refractivity contribution in [3.63, 3.8) is 0 Å². The fourth-order valence-electron chi connectivity index (χ4n) is 1.22. The van der Waals surface area contributed by atoms with E-state index in [1.54, 1.807) is 11.8 Å². The highest BCUT2D eigenvalue weighted by molar-refractivity contribution is 7.99. The molecule has 0 aromatic heterocycles. The lowest BCUT2D eigenvalue weighted by atomic mass is 10.2. The van der Waals surface area contributed by atoms with Crippen LogP contribution in [0.1, 0.15) is 10.4 Å². The van der Waals surface area contributed by atoms with Crippen LogP contribution in [0.25, 0.3) is 0 Å². The molecule has 0 saturated heterocycles. The van der Waals surface area contributed by atoms with Crippen LogP contribution in [-0.2, 0) is 0 Å². The Morgan fingerprint density at radius 2 is 2.42 bits per heavy atom. The summed E-state index contributed by atoms with van der Waals surface area (Å²) in [5.41, 5.74) is 1.90. The molecule has 1 aromatic carbocycles. The van der Waals surface area contributed by atoms with Gasteiger partial charge in [0, 0.05) is 28.4 Å². The van der Waals surface area contributed by atoms with E-state index in [9.17, 15) is 4.79 Å². The Balaban J connectivity index is 2.42. The molecule has 0 unspecified atom stereocenters. The van der Waals surface area contributed by atoms with Gasteiger partial charge in [-0.15, -0.1) is 11.8 Å². The van der Waals surface area contributed by atoms with Gasteiger partial charge in [0.25, 0.3) is 0 Å². The van der Waals surface area contributed by atoms with Gasteiger partial charge in [-0.3, -0.25) is 4.79 Å². The lowest BCUT2D eigenvalue weighted by Gasteiger charge is -2.16. The fourth-order valence-corrected chi connectivity index (χ4v) is 2.16. The van der Waals surface area contributed by atoms with E-state index in [1.807, 2.05) is 18.2 Å². The zero-order chi connectivity index (χ0) is 8.39. The minimum absolute atomic E-state index is 0.755. The first-order valence-corrected chi connectivity index (χ1v) is 4.84. The third kappa shape index (κ3) is 1.32. The van der Waals surface area contributed by atoms with Crippen LogP contribution in [0.5, 0.6) is 0 Å². The molecule has 1 aliphatic rings. The molecular weight excluding hydrogens is 170 g/mol. The Hall–Kier alpha value is -0.960. The van der Waals surface area contributed by atoms with Gasteiger partial charge in [0.2, 0.25) is 0 Å². The first kappa shape index (κ1) is 7.68. The summed E-state index contributed by atoms with van der Waals surface area (Å²) in [5, 5.41) is 3.28. The summed E-state index contributed by atoms with van der Waals surface area (Å²) in [6.07, 6.45) is 0.884. The summed E-state index contributed by atoms with van der Waals surface area (Å²) >= 11 is 1.80. The van der Waals surface area contributed by atoms with Gasteiger partial charge in [-0.2, -0.15) is 0 Å². The number of carbonyl (C=O) groups excluding carboxylic acids is 1. The molecule has 0 atom stereocenters. The molecule has 12 heavy (non-hydrogen) atoms. The Morgan fingerprint density at radius 1 is 1.50 bits per heavy atom. The molecule has 1 heterocycles. The summed E-state index contributed by atoms with van der Waals surface area (Å²) in [7, 11) is 0. The number of carbonyl (C=O) groups is 1. The first-order valence-electron chi connectivity index (χ1n) is 3.86. The van der Waals surface area contributed by atoms with Crippen molar-refractivity contribution in [3.05, 3.63) is 23.8 Å². The second kappa shape index (κ2) is 3.19. The number of benzene rings is 1. The molecule has 0 aliphatic carbocycles. The SMILES string of the molecule is O=Cc1ccc2c(c1)SCCN2. The molecule has 0 amide bonds. The molecule has 3 heteroatoms. The van der Waals surface area contributed by atoms with Gasteiger partial charge >= 0.3 is 0 Å². The maximum atomic E-state index is 10.5. The largest absolute Gasteiger partial charge is 0.383 e. The molecule has 2 rings (SSSR count). The number of rotatable bonds is 1. The van der Waals surface area contributed by atoms with Crippen LogP contribution >= 0.6 is 11.8 Å². The van der Waals surface area contributed by atoms with Crippen LogP contribution in [0.15, 0.2) is 23.1 Å². The smallest absolute Gasteiger partial charge is 0.150 e. The normalized spacial score (nSPS) is 14.7. The van der Waals surface area contributed by atoms with E-state index < -0.39 is 0 Å². The van der Waals surface area contributed by atoms with E-state index >= 15 is 0 Å². The Labute approximate surface area is 75.4 Å². The predicted octanol–water partition coefficient (Wildman–Crippen LogP) is 2.02. The molecule has 1 aromatic rings. The van der Waals surface area contributed by atoms with E-state index in [4.69, 9.17) is 0 Å². The molecule has 62 valence electrons. The van der Waals surface area contributed by atoms with Gasteiger partial charge in [-0.25, -0.2) is 0 Å². The highest BCUT2D eigenvalue weighted by Crippen LogP contribution is 2.30. The van der Waals surface area contributed by atoms with E-state index in [-0.39, 0.29) is 0 Å². The summed E-state index contributed by atoms with van der Waals surface area (Å²) < 4.78 is 0. The molecule has 0 saturated carbocycles. The number of anilines is 1. The monoisotopic (exact) mass is 179 g/mol. The van der Waals surface area contributed by atoms with E-state index in [2.05, 4.69) is 5.32 Å². The number of fused-ring (bicyclic) bond motifs is 1. The Kier molecular flexibility index (Phi) is 2.04. The standard InChI is InChI=1S/C9H9NOS/c11-6-7-1-2-8-9(5-7)12-4-3-10-8/h1-2,5-6,10H,3-4H2. The minimum atomic E-state index is 0.755. The van der Waals surface area contributed by atoms with Crippen molar-refractivity contribution < 1.29 is 4.79 Å². The van der Waals surface area contributed by atoms with Crippen LogP contribution in [0.4, 0.5) is 5.69 Å². The quantitative estimate of drug-likeness (QED) is 0.669. The van der Waals surface area contributed by atoms with Crippen molar-refractivity contribution in [1.29, 1.82) is 0 Å². The molecule has 0 spiro atoms. The minimum Gasteiger partial charge on any atom is -0.383 e. The predicted molar refractivity (Wildman–Crippen MR) is 51.0 cm³/mol. The Bertz CT molecular complexity index is 311. The number of aldehydes is 1. The molecule has 1 aliphatic heterocycles. The fraction of sp³-hybridized carbons (Fsp3) is 0.222. The van der Waals surface area contributed by atoms with Crippen molar-refractivity contribution >= 4 is 23.7 Å². The van der Waals surface area contributed by atoms with Gasteiger partial charge in [-0.1, -0.05) is 0 Å². The first-order chi connectivity index (χ1) is 5.90. The zero-order valence-electron chi connectivity index (χ0n) is 6.54. The molecule has 0 bridgehead atoms. The highest BCUT2D eigenvalue weighted by atomic mass is 32.2. The molecule has 0 radical (unpaired) electrons. The van der Waals surface area contributed by atoms with Crippen molar-refractivity contribution in [2.24, 2.45) is 0 Å². The second-order valence-electron chi connectivity index (χ2n) is 2.65. The second-order valence-corrected chi connectivity index (χ2v) is 3.79. The maximum absolute atomic E-state index is 10.5. The van der Waals surface area contributed by atoms with Crippen LogP contribution in [0.2, 0.25) is 0 Å². The molecular formula is C9H9NOS. The number of hydrogen-bond acceptors (Lipinski definition) is 3. The average Bonchev–Trinajstić information content (AvgIpc) is 2.17. The van der Waals surface area contributed by atoms with Crippen LogP contribution in [0, 0.1) is 0 Å². The van der Waals surface area contributed by atoms with Crippen molar-refractivity contribution in [3.8, 4) is 0 Å². The van der Waals surface area contributed by atoms with Crippen molar-refractivity contribution in [2.45, 2.75) is 4.90 Å². The lowest BCUT2D eigenvalue weighted by Crippen LogP contribution is -2.09. The van der Waals surface area contributed by atoms with E-state index in [1.165, 1.54) is 4.90 Å². The average molecular weight is 179 g/mol. The Morgan fingerprint density at radius 3 is 3.25 bits per heavy atom. The van der Waals surface area contributed by atoms with Crippen molar-refractivity contribution in [2.75, 3.05) is 17.6 Å². The molecule has 1 N–H and O–H groups in total. The van der Waals surface area contributed by atoms with Gasteiger partial charge < -0.3 is 5.32 Å². The highest BCUT2D eigenvalue weighted by Gasteiger charge is 2.08. The van der Waals surface area contributed by atoms with Crippen molar-refractivity contribution in [1.82, 2.24) is 0 Å². The number of nitrogens with one attached hydrogen (secondary N) is 1. The summed E-state index contributed by atoms with van der Waals surface area (Å²) in [6, 6.07) is 5.73. The van der Waals surface area contributed by atoms with E-state index in [0.29, 0.717) is 0 Å². The van der Waals surface area contributed by atoms with E-state index in [0.717, 1.165) is 29.8 Å². The van der Waals surface area contributed by atoms with Gasteiger partial charge in [0.05, 0.1) is 0 Å². The third-order valence-electron chi connectivity index (χ3n) is 1.82. The van der Waals surface area contributed by atoms with Crippen LogP contribution in [-0.4, -0.2) is 18.6 Å². The maximum Gasteiger partial charge on any atom is 0.150 e. The summed E-state index contributed by atoms with van der Waals surface area (Å²) in [5.74, 6) is 1.08. The topological polar surface area (TPSA) is 29.1 Å². The lowest BCUT2D eigenvalue weighted by molar-refractivity contribution is 0.112. The zero-order valence-corrected chi connectivity index (χ0v) is 7.36. The van der Waals surface area contributed by atoms with Crippen LogP contribution < -0.4 is 5.32 Å². The molecule has 2 nitrogen and oxygen atoms in total. The number of hydrogen-bond donors (Lipinski definition) is 1. The van der Waals surface area contributed by atoms with Gasteiger partial charge in [-0.05, 0) is 18.2 Å². The van der Waals surface area contributed by atoms with Crippen LogP contribution in [0.3, 0.4) is 0 Å². The summed E-state index contributed by atoms with van der Waals surface area (Å²) in [4.78, 5) is 11.6. The third-order valence-corrected chi connectivity index (χ3v) is 2.87. The number of thioether (sulfide) groups is 1.